The average molecular weight is 550 g/mol. The van der Waals surface area contributed by atoms with Gasteiger partial charge in [-0.15, -0.1) is 0 Å². The molecule has 1 fully saturated rings. The van der Waals surface area contributed by atoms with Gasteiger partial charge in [0, 0.05) is 31.3 Å². The quantitative estimate of drug-likeness (QED) is 0.301. The van der Waals surface area contributed by atoms with Gasteiger partial charge in [0.05, 0.1) is 22.7 Å². The fraction of sp³-hybridized carbons (Fsp3) is 0.400. The lowest BCUT2D eigenvalue weighted by molar-refractivity contribution is 0.0828. The van der Waals surface area contributed by atoms with E-state index in [1.165, 1.54) is 23.1 Å². The van der Waals surface area contributed by atoms with Gasteiger partial charge in [0.2, 0.25) is 0 Å². The van der Waals surface area contributed by atoms with Crippen molar-refractivity contribution < 1.29 is 22.9 Å². The minimum Gasteiger partial charge on any atom is -0.365 e. The molecule has 0 aliphatic heterocycles. The zero-order chi connectivity index (χ0) is 28.7. The van der Waals surface area contributed by atoms with Gasteiger partial charge in [0.25, 0.3) is 11.8 Å². The Bertz CT molecular complexity index is 1580. The third-order valence-electron chi connectivity index (χ3n) is 8.00. The van der Waals surface area contributed by atoms with E-state index in [0.717, 1.165) is 25.7 Å². The van der Waals surface area contributed by atoms with Crippen LogP contribution >= 0.6 is 0 Å². The highest BCUT2D eigenvalue weighted by Gasteiger charge is 2.38. The summed E-state index contributed by atoms with van der Waals surface area (Å²) in [6.07, 6.45) is 4.08. The molecule has 8 nitrogen and oxygen atoms in total. The molecule has 0 radical (unpaired) electrons. The number of imidazole rings is 1. The Balaban J connectivity index is 1.69. The number of aromatic nitrogens is 3. The predicted molar refractivity (Wildman–Crippen MR) is 147 cm³/mol. The van der Waals surface area contributed by atoms with E-state index < -0.39 is 23.5 Å². The van der Waals surface area contributed by atoms with Gasteiger partial charge >= 0.3 is 0 Å². The number of rotatable bonds is 7. The molecule has 5 rings (SSSR count). The highest BCUT2D eigenvalue weighted by Crippen LogP contribution is 2.44. The van der Waals surface area contributed by atoms with Crippen LogP contribution in [0, 0.1) is 23.5 Å². The lowest BCUT2D eigenvalue weighted by Crippen LogP contribution is -2.24. The van der Waals surface area contributed by atoms with Gasteiger partial charge in [-0.2, -0.15) is 0 Å². The van der Waals surface area contributed by atoms with Crippen LogP contribution in [0.15, 0.2) is 34.9 Å². The number of nitrogens with one attached hydrogen (secondary N) is 1. The molecule has 2 aromatic heterocycles. The molecule has 2 amide bonds. The van der Waals surface area contributed by atoms with Crippen LogP contribution in [-0.2, 0) is 6.42 Å². The van der Waals surface area contributed by atoms with E-state index in [1.807, 2.05) is 6.92 Å². The second-order valence-electron chi connectivity index (χ2n) is 10.9. The number of benzene rings is 2. The van der Waals surface area contributed by atoms with Crippen LogP contribution in [0.5, 0.6) is 0 Å². The molecule has 210 valence electrons. The van der Waals surface area contributed by atoms with Crippen molar-refractivity contribution in [1.29, 1.82) is 0 Å². The van der Waals surface area contributed by atoms with Gasteiger partial charge < -0.3 is 20.1 Å². The Hall–Kier alpha value is -4.08. The lowest BCUT2D eigenvalue weighted by atomic mass is 9.74. The number of nitrogens with zero attached hydrogens (tertiary/aromatic N) is 3. The van der Waals surface area contributed by atoms with Gasteiger partial charge in [0.1, 0.15) is 22.7 Å². The van der Waals surface area contributed by atoms with E-state index in [-0.39, 0.29) is 45.1 Å². The van der Waals surface area contributed by atoms with Crippen LogP contribution in [0.3, 0.4) is 0 Å². The summed E-state index contributed by atoms with van der Waals surface area (Å²) in [5, 5.41) is 4.10. The van der Waals surface area contributed by atoms with Crippen LogP contribution in [0.25, 0.3) is 22.2 Å². The fourth-order valence-electron chi connectivity index (χ4n) is 5.86. The molecule has 40 heavy (non-hydrogen) atoms. The number of nitrogens with two attached hydrogens (primary N) is 1. The van der Waals surface area contributed by atoms with Crippen molar-refractivity contribution in [3.63, 3.8) is 0 Å². The molecule has 1 aliphatic rings. The first-order valence-electron chi connectivity index (χ1n) is 13.6. The summed E-state index contributed by atoms with van der Waals surface area (Å²) in [7, 11) is 3.16. The minimum absolute atomic E-state index is 0.0262. The van der Waals surface area contributed by atoms with Crippen molar-refractivity contribution in [3.05, 3.63) is 70.4 Å². The highest BCUT2D eigenvalue weighted by atomic mass is 19.1. The fourth-order valence-corrected chi connectivity index (χ4v) is 5.86. The molecule has 1 saturated carbocycles. The molecule has 0 bridgehead atoms. The van der Waals surface area contributed by atoms with Crippen LogP contribution in [0.1, 0.15) is 83.4 Å². The minimum atomic E-state index is -0.880. The summed E-state index contributed by atoms with van der Waals surface area (Å²) >= 11 is 0. The summed E-state index contributed by atoms with van der Waals surface area (Å²) in [6.45, 7) is 4.05. The van der Waals surface area contributed by atoms with Crippen molar-refractivity contribution in [2.75, 3.05) is 14.1 Å². The maximum atomic E-state index is 16.1. The zero-order valence-corrected chi connectivity index (χ0v) is 23.1. The molecule has 0 spiro atoms. The maximum Gasteiger partial charge on any atom is 0.254 e. The second-order valence-corrected chi connectivity index (χ2v) is 10.9. The number of carbonyl (C=O) groups excluding carboxylic acids is 2. The molecule has 0 saturated heterocycles. The number of aryl methyl sites for hydroxylation is 1. The summed E-state index contributed by atoms with van der Waals surface area (Å²) in [5.41, 5.74) is 6.51. The zero-order valence-electron chi connectivity index (χ0n) is 23.1. The highest BCUT2D eigenvalue weighted by molar-refractivity contribution is 6.01. The third kappa shape index (κ3) is 4.76. The molecule has 0 unspecified atom stereocenters. The van der Waals surface area contributed by atoms with Crippen molar-refractivity contribution in [2.45, 2.75) is 51.9 Å². The molecule has 1 atom stereocenters. The number of fused-ring (bicyclic) bond motifs is 1. The van der Waals surface area contributed by atoms with E-state index in [2.05, 4.69) is 22.0 Å². The Labute approximate surface area is 230 Å². The molecule has 3 N–H and O–H groups in total. The van der Waals surface area contributed by atoms with E-state index in [1.54, 1.807) is 26.2 Å². The van der Waals surface area contributed by atoms with Crippen molar-refractivity contribution >= 4 is 22.8 Å². The third-order valence-corrected chi connectivity index (χ3v) is 8.00. The topological polar surface area (TPSA) is 118 Å². The number of H-pyrrole nitrogens is 1. The summed E-state index contributed by atoms with van der Waals surface area (Å²) in [5.74, 6) is -2.05. The van der Waals surface area contributed by atoms with Gasteiger partial charge in [0.15, 0.2) is 11.6 Å². The molecule has 1 aliphatic carbocycles. The average Bonchev–Trinajstić information content (AvgIpc) is 3.54. The summed E-state index contributed by atoms with van der Waals surface area (Å²) in [6, 6.07) is 7.52. The Morgan fingerprint density at radius 3 is 2.52 bits per heavy atom. The first-order chi connectivity index (χ1) is 19.1. The van der Waals surface area contributed by atoms with Crippen LogP contribution in [-0.4, -0.2) is 45.9 Å². The summed E-state index contributed by atoms with van der Waals surface area (Å²) < 4.78 is 37.4. The Morgan fingerprint density at radius 1 is 1.18 bits per heavy atom. The largest absolute Gasteiger partial charge is 0.365 e. The van der Waals surface area contributed by atoms with E-state index in [9.17, 15) is 9.59 Å². The molecule has 2 heterocycles. The van der Waals surface area contributed by atoms with Crippen LogP contribution < -0.4 is 5.73 Å². The number of hydrogen-bond donors (Lipinski definition) is 2. The van der Waals surface area contributed by atoms with Crippen molar-refractivity contribution in [1.82, 2.24) is 20.0 Å². The molecule has 10 heteroatoms. The monoisotopic (exact) mass is 549 g/mol. The molecule has 2 aromatic carbocycles. The Morgan fingerprint density at radius 2 is 1.88 bits per heavy atom. The maximum absolute atomic E-state index is 16.1. The number of halogens is 2. The normalized spacial score (nSPS) is 18.1. The van der Waals surface area contributed by atoms with E-state index in [0.29, 0.717) is 29.6 Å². The first-order valence-corrected chi connectivity index (χ1v) is 13.6. The van der Waals surface area contributed by atoms with Gasteiger partial charge in [-0.05, 0) is 37.2 Å². The SMILES string of the molecule is CCc1noc([C@H](c2nc3c(F)c(-c4ccccc4C(=O)N(C)C)c(F)cc3[nH]2)C2CCC(C)CC2)c1C(N)=O. The number of hydrogen-bond acceptors (Lipinski definition) is 5. The standard InChI is InChI=1S/C30H33F2N5O3/c1-5-20-24(28(33)38)27(40-36-20)22(16-12-10-15(2)11-13-16)29-34-21-14-19(31)23(25(32)26(21)35-29)17-8-6-7-9-18(17)30(39)37(3)4/h6-9,14-16,22H,5,10-13H2,1-4H3,(H2,33,38)(H,34,35)/t15?,16?,22-/m1/s1. The number of aromatic amines is 1. The first kappa shape index (κ1) is 27.5. The lowest BCUT2D eigenvalue weighted by Gasteiger charge is -2.30. The van der Waals surface area contributed by atoms with Crippen molar-refractivity contribution in [2.24, 2.45) is 17.6 Å². The number of amides is 2. The van der Waals surface area contributed by atoms with Gasteiger partial charge in [-0.25, -0.2) is 13.8 Å². The predicted octanol–water partition coefficient (Wildman–Crippen LogP) is 5.82. The molecular weight excluding hydrogens is 516 g/mol. The van der Waals surface area contributed by atoms with E-state index >= 15 is 8.78 Å². The smallest absolute Gasteiger partial charge is 0.254 e. The second kappa shape index (κ2) is 10.8. The summed E-state index contributed by atoms with van der Waals surface area (Å²) in [4.78, 5) is 34.4. The van der Waals surface area contributed by atoms with Crippen molar-refractivity contribution in [3.8, 4) is 11.1 Å². The van der Waals surface area contributed by atoms with Gasteiger partial charge in [-0.1, -0.05) is 50.0 Å². The van der Waals surface area contributed by atoms with Crippen LogP contribution in [0.4, 0.5) is 8.78 Å². The Kier molecular flexibility index (Phi) is 7.44. The molecular formula is C30H33F2N5O3. The number of carbonyl (C=O) groups is 2. The number of primary amides is 1. The van der Waals surface area contributed by atoms with E-state index in [4.69, 9.17) is 10.3 Å². The van der Waals surface area contributed by atoms with Crippen LogP contribution in [0.2, 0.25) is 0 Å². The molecule has 4 aromatic rings. The van der Waals surface area contributed by atoms with Gasteiger partial charge in [-0.3, -0.25) is 9.59 Å².